The Morgan fingerprint density at radius 2 is 2.42 bits per heavy atom. The maximum Gasteiger partial charge on any atom is 0.137 e. The van der Waals surface area contributed by atoms with Crippen LogP contribution in [0.4, 0.5) is 0 Å². The van der Waals surface area contributed by atoms with Crippen LogP contribution < -0.4 is 5.73 Å². The summed E-state index contributed by atoms with van der Waals surface area (Å²) in [7, 11) is 0. The van der Waals surface area contributed by atoms with Gasteiger partial charge < -0.3 is 10.7 Å². The molecule has 0 atom stereocenters. The molecule has 3 nitrogen and oxygen atoms in total. The number of aromatic nitrogens is 2. The number of pyridine rings is 1. The molecule has 0 aliphatic carbocycles. The minimum atomic E-state index is 0.561. The van der Waals surface area contributed by atoms with Gasteiger partial charge in [0.2, 0.25) is 0 Å². The molecule has 2 heterocycles. The second-order valence-electron chi connectivity index (χ2n) is 2.93. The average Bonchev–Trinajstić information content (AvgIpc) is 2.46. The maximum atomic E-state index is 5.56. The maximum absolute atomic E-state index is 5.56. The number of aromatic amines is 1. The van der Waals surface area contributed by atoms with Gasteiger partial charge in [-0.1, -0.05) is 0 Å². The lowest BCUT2D eigenvalue weighted by molar-refractivity contribution is 1.08. The summed E-state index contributed by atoms with van der Waals surface area (Å²) in [5, 5.41) is 1.14. The zero-order chi connectivity index (χ0) is 8.55. The van der Waals surface area contributed by atoms with Crippen LogP contribution >= 0.6 is 0 Å². The van der Waals surface area contributed by atoms with Gasteiger partial charge in [-0.2, -0.15) is 0 Å². The van der Waals surface area contributed by atoms with Gasteiger partial charge in [0.25, 0.3) is 0 Å². The van der Waals surface area contributed by atoms with E-state index in [2.05, 4.69) is 16.0 Å². The van der Waals surface area contributed by atoms with Crippen molar-refractivity contribution in [3.63, 3.8) is 0 Å². The summed E-state index contributed by atoms with van der Waals surface area (Å²) in [4.78, 5) is 7.31. The monoisotopic (exact) mass is 161 g/mol. The van der Waals surface area contributed by atoms with Gasteiger partial charge in [-0.3, -0.25) is 0 Å². The first-order valence-corrected chi connectivity index (χ1v) is 3.94. The summed E-state index contributed by atoms with van der Waals surface area (Å²) in [6.45, 7) is 2.59. The number of hydrogen-bond donors (Lipinski definition) is 2. The second kappa shape index (κ2) is 2.60. The zero-order valence-electron chi connectivity index (χ0n) is 6.96. The minimum absolute atomic E-state index is 0.561. The van der Waals surface area contributed by atoms with Crippen molar-refractivity contribution in [3.8, 4) is 0 Å². The van der Waals surface area contributed by atoms with E-state index in [1.807, 2.05) is 19.3 Å². The van der Waals surface area contributed by atoms with E-state index in [1.165, 1.54) is 0 Å². The van der Waals surface area contributed by atoms with Gasteiger partial charge in [-0.05, 0) is 24.1 Å². The molecule has 2 aromatic heterocycles. The third-order valence-electron chi connectivity index (χ3n) is 1.97. The number of aryl methyl sites for hydroxylation is 1. The molecule has 0 aliphatic rings. The van der Waals surface area contributed by atoms with Gasteiger partial charge >= 0.3 is 0 Å². The van der Waals surface area contributed by atoms with Gasteiger partial charge in [0, 0.05) is 24.3 Å². The predicted molar refractivity (Wildman–Crippen MR) is 48.7 cm³/mol. The van der Waals surface area contributed by atoms with Crippen molar-refractivity contribution in [2.45, 2.75) is 13.5 Å². The number of rotatable bonds is 1. The molecule has 3 N–H and O–H groups in total. The quantitative estimate of drug-likeness (QED) is 0.663. The number of fused-ring (bicyclic) bond motifs is 1. The molecule has 2 rings (SSSR count). The molecule has 0 radical (unpaired) electrons. The Balaban J connectivity index is 2.75. The Morgan fingerprint density at radius 1 is 1.58 bits per heavy atom. The minimum Gasteiger partial charge on any atom is -0.346 e. The first kappa shape index (κ1) is 7.31. The van der Waals surface area contributed by atoms with Gasteiger partial charge in [-0.25, -0.2) is 4.98 Å². The molecule has 0 fully saturated rings. The SMILES string of the molecule is Cc1cnc2[nH]cc(CN)c2c1. The van der Waals surface area contributed by atoms with E-state index in [0.717, 1.165) is 22.2 Å². The van der Waals surface area contributed by atoms with E-state index >= 15 is 0 Å². The van der Waals surface area contributed by atoms with Crippen molar-refractivity contribution in [3.05, 3.63) is 29.6 Å². The summed E-state index contributed by atoms with van der Waals surface area (Å²) < 4.78 is 0. The van der Waals surface area contributed by atoms with Crippen molar-refractivity contribution < 1.29 is 0 Å². The normalized spacial score (nSPS) is 10.8. The van der Waals surface area contributed by atoms with Crippen LogP contribution in [0.5, 0.6) is 0 Å². The molecule has 12 heavy (non-hydrogen) atoms. The van der Waals surface area contributed by atoms with E-state index in [9.17, 15) is 0 Å². The van der Waals surface area contributed by atoms with E-state index < -0.39 is 0 Å². The Hall–Kier alpha value is -1.35. The Morgan fingerprint density at radius 3 is 3.17 bits per heavy atom. The molecule has 0 bridgehead atoms. The van der Waals surface area contributed by atoms with Crippen LogP contribution in [0.3, 0.4) is 0 Å². The standard InChI is InChI=1S/C9H11N3/c1-6-2-8-7(3-10)5-12-9(8)11-4-6/h2,4-5H,3,10H2,1H3,(H,11,12). The third-order valence-corrected chi connectivity index (χ3v) is 1.97. The lowest BCUT2D eigenvalue weighted by atomic mass is 10.2. The fourth-order valence-corrected chi connectivity index (χ4v) is 1.33. The topological polar surface area (TPSA) is 54.7 Å². The lowest BCUT2D eigenvalue weighted by Crippen LogP contribution is -1.94. The largest absolute Gasteiger partial charge is 0.346 e. The lowest BCUT2D eigenvalue weighted by Gasteiger charge is -1.94. The highest BCUT2D eigenvalue weighted by molar-refractivity contribution is 5.80. The molecule has 0 saturated heterocycles. The van der Waals surface area contributed by atoms with Crippen LogP contribution in [0.15, 0.2) is 18.5 Å². The molecule has 0 aromatic carbocycles. The Labute approximate surface area is 70.6 Å². The summed E-state index contributed by atoms with van der Waals surface area (Å²) in [6, 6.07) is 2.10. The summed E-state index contributed by atoms with van der Waals surface area (Å²) >= 11 is 0. The highest BCUT2D eigenvalue weighted by Crippen LogP contribution is 2.16. The fourth-order valence-electron chi connectivity index (χ4n) is 1.33. The van der Waals surface area contributed by atoms with Crippen molar-refractivity contribution in [2.24, 2.45) is 5.73 Å². The highest BCUT2D eigenvalue weighted by atomic mass is 14.8. The number of nitrogens with two attached hydrogens (primary N) is 1. The molecule has 2 aromatic rings. The van der Waals surface area contributed by atoms with E-state index in [0.29, 0.717) is 6.54 Å². The number of hydrogen-bond acceptors (Lipinski definition) is 2. The van der Waals surface area contributed by atoms with Crippen LogP contribution in [0.1, 0.15) is 11.1 Å². The van der Waals surface area contributed by atoms with Crippen LogP contribution in [0.2, 0.25) is 0 Å². The molecule has 3 heteroatoms. The Kier molecular flexibility index (Phi) is 1.59. The molecular formula is C9H11N3. The molecule has 0 aliphatic heterocycles. The number of nitrogens with zero attached hydrogens (tertiary/aromatic N) is 1. The van der Waals surface area contributed by atoms with Crippen molar-refractivity contribution in [2.75, 3.05) is 0 Å². The van der Waals surface area contributed by atoms with E-state index in [4.69, 9.17) is 5.73 Å². The highest BCUT2D eigenvalue weighted by Gasteiger charge is 2.01. The third kappa shape index (κ3) is 0.987. The summed E-state index contributed by atoms with van der Waals surface area (Å²) in [5.74, 6) is 0. The van der Waals surface area contributed by atoms with Crippen LogP contribution in [0, 0.1) is 6.92 Å². The molecule has 62 valence electrons. The van der Waals surface area contributed by atoms with Crippen LogP contribution in [-0.2, 0) is 6.54 Å². The van der Waals surface area contributed by atoms with Crippen molar-refractivity contribution in [1.82, 2.24) is 9.97 Å². The predicted octanol–water partition coefficient (Wildman–Crippen LogP) is 1.33. The van der Waals surface area contributed by atoms with E-state index in [-0.39, 0.29) is 0 Å². The fraction of sp³-hybridized carbons (Fsp3) is 0.222. The number of nitrogens with one attached hydrogen (secondary N) is 1. The molecule has 0 amide bonds. The van der Waals surface area contributed by atoms with Crippen LogP contribution in [0.25, 0.3) is 11.0 Å². The number of H-pyrrole nitrogens is 1. The second-order valence-corrected chi connectivity index (χ2v) is 2.93. The van der Waals surface area contributed by atoms with Crippen LogP contribution in [-0.4, -0.2) is 9.97 Å². The van der Waals surface area contributed by atoms with Gasteiger partial charge in [0.15, 0.2) is 0 Å². The summed E-state index contributed by atoms with van der Waals surface area (Å²) in [5.41, 5.74) is 8.77. The molecule has 0 spiro atoms. The van der Waals surface area contributed by atoms with Gasteiger partial charge in [0.1, 0.15) is 5.65 Å². The molecule has 0 saturated carbocycles. The van der Waals surface area contributed by atoms with Gasteiger partial charge in [-0.15, -0.1) is 0 Å². The first-order valence-electron chi connectivity index (χ1n) is 3.94. The van der Waals surface area contributed by atoms with Crippen molar-refractivity contribution in [1.29, 1.82) is 0 Å². The van der Waals surface area contributed by atoms with Gasteiger partial charge in [0.05, 0.1) is 0 Å². The Bertz CT molecular complexity index is 403. The van der Waals surface area contributed by atoms with Crippen molar-refractivity contribution >= 4 is 11.0 Å². The molecular weight excluding hydrogens is 150 g/mol. The molecule has 0 unspecified atom stereocenters. The average molecular weight is 161 g/mol. The zero-order valence-corrected chi connectivity index (χ0v) is 6.96. The first-order chi connectivity index (χ1) is 5.81. The summed E-state index contributed by atoms with van der Waals surface area (Å²) in [6.07, 6.45) is 3.76. The smallest absolute Gasteiger partial charge is 0.137 e. The van der Waals surface area contributed by atoms with E-state index in [1.54, 1.807) is 0 Å².